The van der Waals surface area contributed by atoms with Gasteiger partial charge >= 0.3 is 0 Å². The van der Waals surface area contributed by atoms with Crippen LogP contribution in [0.15, 0.2) is 24.3 Å². The van der Waals surface area contributed by atoms with Crippen molar-refractivity contribution in [3.05, 3.63) is 35.4 Å². The molecule has 3 rings (SSSR count). The van der Waals surface area contributed by atoms with Gasteiger partial charge in [-0.15, -0.1) is 0 Å². The van der Waals surface area contributed by atoms with E-state index in [1.165, 1.54) is 24.0 Å². The maximum absolute atomic E-state index is 3.85. The van der Waals surface area contributed by atoms with E-state index in [1.807, 2.05) is 0 Å². The molecule has 2 fully saturated rings. The molecular formula is C32H62N8. The molecule has 0 radical (unpaired) electrons. The van der Waals surface area contributed by atoms with E-state index in [9.17, 15) is 0 Å². The van der Waals surface area contributed by atoms with Crippen molar-refractivity contribution in [2.75, 3.05) is 78.5 Å². The van der Waals surface area contributed by atoms with E-state index in [2.05, 4.69) is 94.5 Å². The SMILES string of the molecule is CC1NCCNCCCNCCNC(C)C1Cc1ccccc1CC1C(C)NCCNCCCNCCNC1C. The molecule has 8 nitrogen and oxygen atoms in total. The Morgan fingerprint density at radius 2 is 0.750 bits per heavy atom. The number of nitrogens with one attached hydrogen (secondary N) is 8. The Bertz CT molecular complexity index is 678. The van der Waals surface area contributed by atoms with E-state index in [4.69, 9.17) is 0 Å². The standard InChI is InChI=1S/C32H62N8/c1-25-31(26(2)38-20-16-34-12-7-11-33-15-19-37-25)23-29-9-5-6-10-30(29)24-32-27(3)39-21-17-35-13-8-14-36-18-22-40-28(32)4/h5-6,9-10,25-28,31-40H,7-8,11-24H2,1-4H3. The van der Waals surface area contributed by atoms with Gasteiger partial charge in [0.25, 0.3) is 0 Å². The molecule has 1 aromatic carbocycles. The van der Waals surface area contributed by atoms with Crippen molar-refractivity contribution in [2.45, 2.75) is 77.5 Å². The third kappa shape index (κ3) is 12.4. The Balaban J connectivity index is 1.72. The van der Waals surface area contributed by atoms with Crippen molar-refractivity contribution in [1.29, 1.82) is 0 Å². The summed E-state index contributed by atoms with van der Waals surface area (Å²) in [4.78, 5) is 0. The molecule has 1 aromatic rings. The Labute approximate surface area is 245 Å². The van der Waals surface area contributed by atoms with Gasteiger partial charge in [0.1, 0.15) is 0 Å². The van der Waals surface area contributed by atoms with Gasteiger partial charge in [-0.25, -0.2) is 0 Å². The molecule has 0 spiro atoms. The Morgan fingerprint density at radius 3 is 1.05 bits per heavy atom. The maximum Gasteiger partial charge on any atom is 0.00854 e. The zero-order valence-corrected chi connectivity index (χ0v) is 26.1. The average molecular weight is 559 g/mol. The van der Waals surface area contributed by atoms with Gasteiger partial charge in [-0.2, -0.15) is 0 Å². The lowest BCUT2D eigenvalue weighted by atomic mass is 9.81. The van der Waals surface area contributed by atoms with Crippen LogP contribution in [0.25, 0.3) is 0 Å². The predicted molar refractivity (Wildman–Crippen MR) is 171 cm³/mol. The summed E-state index contributed by atoms with van der Waals surface area (Å²) in [5.74, 6) is 1.02. The van der Waals surface area contributed by atoms with E-state index < -0.39 is 0 Å². The summed E-state index contributed by atoms with van der Waals surface area (Å²) < 4.78 is 0. The lowest BCUT2D eigenvalue weighted by molar-refractivity contribution is 0.282. The normalized spacial score (nSPS) is 32.0. The monoisotopic (exact) mass is 559 g/mol. The second kappa shape index (κ2) is 19.9. The van der Waals surface area contributed by atoms with Crippen molar-refractivity contribution in [2.24, 2.45) is 11.8 Å². The van der Waals surface area contributed by atoms with Crippen LogP contribution in [0.4, 0.5) is 0 Å². The predicted octanol–water partition coefficient (Wildman–Crippen LogP) is 1.08. The van der Waals surface area contributed by atoms with Gasteiger partial charge in [-0.3, -0.25) is 0 Å². The quantitative estimate of drug-likeness (QED) is 0.278. The zero-order valence-electron chi connectivity index (χ0n) is 26.1. The average Bonchev–Trinajstić information content (AvgIpc) is 2.95. The largest absolute Gasteiger partial charge is 0.315 e. The topological polar surface area (TPSA) is 96.2 Å². The lowest BCUT2D eigenvalue weighted by Gasteiger charge is -2.34. The molecule has 40 heavy (non-hydrogen) atoms. The fourth-order valence-electron chi connectivity index (χ4n) is 6.37. The molecule has 230 valence electrons. The molecule has 0 bridgehead atoms. The smallest absolute Gasteiger partial charge is 0.00854 e. The van der Waals surface area contributed by atoms with Crippen LogP contribution >= 0.6 is 0 Å². The Kier molecular flexibility index (Phi) is 16.6. The minimum absolute atomic E-state index is 0.434. The van der Waals surface area contributed by atoms with Gasteiger partial charge < -0.3 is 42.5 Å². The second-order valence-electron chi connectivity index (χ2n) is 12.2. The summed E-state index contributed by atoms with van der Waals surface area (Å²) in [7, 11) is 0. The molecule has 0 aliphatic carbocycles. The number of hydrogen-bond donors (Lipinski definition) is 8. The van der Waals surface area contributed by atoms with E-state index >= 15 is 0 Å². The summed E-state index contributed by atoms with van der Waals surface area (Å²) in [5, 5.41) is 29.8. The van der Waals surface area contributed by atoms with Crippen LogP contribution in [-0.2, 0) is 12.8 Å². The van der Waals surface area contributed by atoms with Crippen molar-refractivity contribution in [3.63, 3.8) is 0 Å². The number of hydrogen-bond acceptors (Lipinski definition) is 8. The highest BCUT2D eigenvalue weighted by atomic mass is 15.0. The highest BCUT2D eigenvalue weighted by molar-refractivity contribution is 5.29. The highest BCUT2D eigenvalue weighted by Crippen LogP contribution is 2.24. The third-order valence-corrected chi connectivity index (χ3v) is 9.09. The van der Waals surface area contributed by atoms with Crippen LogP contribution < -0.4 is 42.5 Å². The zero-order chi connectivity index (χ0) is 28.4. The third-order valence-electron chi connectivity index (χ3n) is 9.09. The summed E-state index contributed by atoms with van der Waals surface area (Å²) >= 11 is 0. The van der Waals surface area contributed by atoms with Crippen molar-refractivity contribution in [1.82, 2.24) is 42.5 Å². The van der Waals surface area contributed by atoms with E-state index in [0.29, 0.717) is 36.0 Å². The fraction of sp³-hybridized carbons (Fsp3) is 0.812. The summed E-state index contributed by atoms with van der Waals surface area (Å²) in [5.41, 5.74) is 3.02. The summed E-state index contributed by atoms with van der Waals surface area (Å²) in [6, 6.07) is 11.0. The highest BCUT2D eigenvalue weighted by Gasteiger charge is 2.27. The van der Waals surface area contributed by atoms with Crippen LogP contribution in [0, 0.1) is 11.8 Å². The summed E-state index contributed by atoms with van der Waals surface area (Å²) in [6.45, 7) is 22.0. The van der Waals surface area contributed by atoms with Crippen molar-refractivity contribution in [3.8, 4) is 0 Å². The Morgan fingerprint density at radius 1 is 0.450 bits per heavy atom. The molecule has 2 saturated heterocycles. The fourth-order valence-corrected chi connectivity index (χ4v) is 6.37. The van der Waals surface area contributed by atoms with Gasteiger partial charge in [-0.1, -0.05) is 24.3 Å². The van der Waals surface area contributed by atoms with Crippen LogP contribution in [0.1, 0.15) is 51.7 Å². The molecule has 4 atom stereocenters. The summed E-state index contributed by atoms with van der Waals surface area (Å²) in [6.07, 6.45) is 4.54. The van der Waals surface area contributed by atoms with Crippen LogP contribution in [0.3, 0.4) is 0 Å². The first-order valence-corrected chi connectivity index (χ1v) is 16.4. The minimum Gasteiger partial charge on any atom is -0.315 e. The molecule has 8 heteroatoms. The van der Waals surface area contributed by atoms with Gasteiger partial charge in [0.2, 0.25) is 0 Å². The molecule has 0 saturated carbocycles. The van der Waals surface area contributed by atoms with Gasteiger partial charge in [-0.05, 0) is 103 Å². The molecule has 2 aliphatic rings. The number of benzene rings is 1. The van der Waals surface area contributed by atoms with E-state index in [1.54, 1.807) is 0 Å². The number of rotatable bonds is 4. The van der Waals surface area contributed by atoms with Crippen LogP contribution in [-0.4, -0.2) is 103 Å². The van der Waals surface area contributed by atoms with Gasteiger partial charge in [0.15, 0.2) is 0 Å². The minimum atomic E-state index is 0.434. The van der Waals surface area contributed by atoms with Crippen LogP contribution in [0.5, 0.6) is 0 Å². The molecule has 2 heterocycles. The maximum atomic E-state index is 3.85. The molecule has 8 N–H and O–H groups in total. The van der Waals surface area contributed by atoms with Crippen molar-refractivity contribution < 1.29 is 0 Å². The first kappa shape index (κ1) is 33.4. The lowest BCUT2D eigenvalue weighted by Crippen LogP contribution is -2.49. The van der Waals surface area contributed by atoms with Gasteiger partial charge in [0.05, 0.1) is 0 Å². The molecule has 4 unspecified atom stereocenters. The van der Waals surface area contributed by atoms with Crippen LogP contribution in [0.2, 0.25) is 0 Å². The second-order valence-corrected chi connectivity index (χ2v) is 12.2. The Hall–Kier alpha value is -1.10. The molecule has 0 amide bonds. The first-order chi connectivity index (χ1) is 19.6. The van der Waals surface area contributed by atoms with Gasteiger partial charge in [0, 0.05) is 76.5 Å². The van der Waals surface area contributed by atoms with E-state index in [-0.39, 0.29) is 0 Å². The van der Waals surface area contributed by atoms with E-state index in [0.717, 1.165) is 91.4 Å². The molecule has 0 aromatic heterocycles. The van der Waals surface area contributed by atoms with Crippen molar-refractivity contribution >= 4 is 0 Å². The molecule has 2 aliphatic heterocycles. The first-order valence-electron chi connectivity index (χ1n) is 16.4. The molecular weight excluding hydrogens is 496 g/mol.